The van der Waals surface area contributed by atoms with E-state index in [0.717, 1.165) is 22.4 Å². The molecule has 1 heterocycles. The van der Waals surface area contributed by atoms with E-state index in [2.05, 4.69) is 9.97 Å². The highest BCUT2D eigenvalue weighted by atomic mass is 16.3. The molecule has 0 radical (unpaired) electrons. The maximum atomic E-state index is 8.96. The van der Waals surface area contributed by atoms with E-state index >= 15 is 0 Å². The molecule has 5 nitrogen and oxygen atoms in total. The second kappa shape index (κ2) is 4.21. The van der Waals surface area contributed by atoms with Gasteiger partial charge in [0, 0.05) is 12.1 Å². The van der Waals surface area contributed by atoms with Crippen molar-refractivity contribution in [3.8, 4) is 0 Å². The van der Waals surface area contributed by atoms with E-state index in [4.69, 9.17) is 16.6 Å². The van der Waals surface area contributed by atoms with Crippen LogP contribution in [0.4, 0.5) is 0 Å². The first-order valence-corrected chi connectivity index (χ1v) is 5.20. The van der Waals surface area contributed by atoms with Crippen molar-refractivity contribution in [2.75, 3.05) is 6.61 Å². The van der Waals surface area contributed by atoms with Crippen LogP contribution in [0.2, 0.25) is 0 Å². The molecule has 0 aliphatic heterocycles. The summed E-state index contributed by atoms with van der Waals surface area (Å²) >= 11 is 0. The molecule has 0 fully saturated rings. The summed E-state index contributed by atoms with van der Waals surface area (Å²) in [6, 6.07) is 4.91. The van der Waals surface area contributed by atoms with Crippen molar-refractivity contribution in [2.45, 2.75) is 19.0 Å². The Hall–Kier alpha value is -1.43. The molecule has 0 bridgehead atoms. The number of nitrogens with one attached hydrogen (secondary N) is 1. The normalized spacial score (nSPS) is 15.2. The van der Waals surface area contributed by atoms with Crippen LogP contribution in [-0.4, -0.2) is 27.7 Å². The quantitative estimate of drug-likeness (QED) is 0.593. The Balaban J connectivity index is 2.38. The molecule has 2 atom stereocenters. The van der Waals surface area contributed by atoms with Gasteiger partial charge in [0.15, 0.2) is 0 Å². The van der Waals surface area contributed by atoms with Gasteiger partial charge in [0.25, 0.3) is 0 Å². The largest absolute Gasteiger partial charge is 0.395 e. The average Bonchev–Trinajstić information content (AvgIpc) is 2.65. The van der Waals surface area contributed by atoms with Crippen molar-refractivity contribution < 1.29 is 5.11 Å². The maximum absolute atomic E-state index is 8.96. The van der Waals surface area contributed by atoms with Gasteiger partial charge in [-0.2, -0.15) is 0 Å². The molecule has 6 N–H and O–H groups in total. The Labute approximate surface area is 93.5 Å². The van der Waals surface area contributed by atoms with Crippen molar-refractivity contribution in [3.63, 3.8) is 0 Å². The third-order valence-electron chi connectivity index (χ3n) is 2.68. The van der Waals surface area contributed by atoms with Crippen LogP contribution in [0.1, 0.15) is 17.4 Å². The second-order valence-electron chi connectivity index (χ2n) is 3.97. The number of aromatic amines is 1. The van der Waals surface area contributed by atoms with E-state index in [9.17, 15) is 0 Å². The third kappa shape index (κ3) is 1.92. The number of benzene rings is 1. The molecule has 1 aromatic carbocycles. The zero-order valence-corrected chi connectivity index (χ0v) is 9.14. The van der Waals surface area contributed by atoms with Crippen molar-refractivity contribution in [1.29, 1.82) is 0 Å². The zero-order valence-electron chi connectivity index (χ0n) is 9.14. The Morgan fingerprint density at radius 1 is 1.44 bits per heavy atom. The van der Waals surface area contributed by atoms with Gasteiger partial charge in [0.05, 0.1) is 17.6 Å². The molecule has 2 unspecified atom stereocenters. The highest BCUT2D eigenvalue weighted by Crippen LogP contribution is 2.19. The molecule has 0 saturated heterocycles. The minimum absolute atomic E-state index is 0.124. The van der Waals surface area contributed by atoms with Gasteiger partial charge in [-0.25, -0.2) is 4.98 Å². The molecule has 0 spiro atoms. The monoisotopic (exact) mass is 220 g/mol. The molecule has 0 aliphatic carbocycles. The number of fused-ring (bicyclic) bond motifs is 1. The Kier molecular flexibility index (Phi) is 2.91. The summed E-state index contributed by atoms with van der Waals surface area (Å²) in [6.45, 7) is 1.78. The molecule has 86 valence electrons. The highest BCUT2D eigenvalue weighted by molar-refractivity contribution is 5.76. The highest BCUT2D eigenvalue weighted by Gasteiger charge is 2.15. The Bertz CT molecular complexity index is 494. The fourth-order valence-corrected chi connectivity index (χ4v) is 1.72. The van der Waals surface area contributed by atoms with Crippen LogP contribution < -0.4 is 11.5 Å². The van der Waals surface area contributed by atoms with Gasteiger partial charge < -0.3 is 21.6 Å². The van der Waals surface area contributed by atoms with Crippen molar-refractivity contribution in [2.24, 2.45) is 11.5 Å². The van der Waals surface area contributed by atoms with Gasteiger partial charge in [-0.3, -0.25) is 0 Å². The Morgan fingerprint density at radius 3 is 2.88 bits per heavy atom. The van der Waals surface area contributed by atoms with E-state index in [1.807, 2.05) is 25.1 Å². The van der Waals surface area contributed by atoms with Crippen LogP contribution in [0.3, 0.4) is 0 Å². The van der Waals surface area contributed by atoms with Crippen molar-refractivity contribution in [3.05, 3.63) is 29.6 Å². The van der Waals surface area contributed by atoms with Crippen LogP contribution in [-0.2, 0) is 0 Å². The van der Waals surface area contributed by atoms with Gasteiger partial charge in [-0.15, -0.1) is 0 Å². The summed E-state index contributed by atoms with van der Waals surface area (Å²) in [5.74, 6) is 0.868. The van der Waals surface area contributed by atoms with Crippen LogP contribution in [0.15, 0.2) is 18.2 Å². The number of hydrogen-bond acceptors (Lipinski definition) is 4. The molecule has 0 aliphatic rings. The molecule has 16 heavy (non-hydrogen) atoms. The number of aliphatic hydroxyl groups excluding tert-OH is 1. The van der Waals surface area contributed by atoms with Gasteiger partial charge in [-0.1, -0.05) is 6.07 Å². The first-order chi connectivity index (χ1) is 7.61. The van der Waals surface area contributed by atoms with Gasteiger partial charge >= 0.3 is 0 Å². The van der Waals surface area contributed by atoms with Crippen LogP contribution in [0.25, 0.3) is 11.0 Å². The van der Waals surface area contributed by atoms with E-state index in [-0.39, 0.29) is 12.6 Å². The van der Waals surface area contributed by atoms with Gasteiger partial charge in [0.1, 0.15) is 5.82 Å². The summed E-state index contributed by atoms with van der Waals surface area (Å²) < 4.78 is 0. The predicted molar refractivity (Wildman–Crippen MR) is 62.8 cm³/mol. The van der Waals surface area contributed by atoms with Crippen LogP contribution in [0.5, 0.6) is 0 Å². The van der Waals surface area contributed by atoms with E-state index in [1.54, 1.807) is 0 Å². The maximum Gasteiger partial charge on any atom is 0.104 e. The number of aryl methyl sites for hydroxylation is 1. The lowest BCUT2D eigenvalue weighted by atomic mass is 10.0. The topological polar surface area (TPSA) is 101 Å². The summed E-state index contributed by atoms with van der Waals surface area (Å²) in [4.78, 5) is 7.44. The molecular formula is C11H16N4O. The summed E-state index contributed by atoms with van der Waals surface area (Å²) in [7, 11) is 0. The lowest BCUT2D eigenvalue weighted by molar-refractivity contribution is 0.250. The number of aliphatic hydroxyl groups is 1. The number of imidazole rings is 1. The van der Waals surface area contributed by atoms with Crippen LogP contribution >= 0.6 is 0 Å². The number of nitrogens with zero attached hydrogens (tertiary/aromatic N) is 1. The summed E-state index contributed by atoms with van der Waals surface area (Å²) in [5, 5.41) is 8.96. The molecular weight excluding hydrogens is 204 g/mol. The lowest BCUT2D eigenvalue weighted by Crippen LogP contribution is -2.37. The van der Waals surface area contributed by atoms with E-state index in [1.165, 1.54) is 0 Å². The number of nitrogens with two attached hydrogens (primary N) is 2. The minimum Gasteiger partial charge on any atom is -0.395 e. The fraction of sp³-hybridized carbons (Fsp3) is 0.364. The number of hydrogen-bond donors (Lipinski definition) is 4. The number of aromatic nitrogens is 2. The minimum atomic E-state index is -0.443. The zero-order chi connectivity index (χ0) is 11.7. The predicted octanol–water partition coefficient (Wildman–Crippen LogP) is 0.191. The van der Waals surface area contributed by atoms with E-state index < -0.39 is 6.04 Å². The molecule has 1 aromatic heterocycles. The average molecular weight is 220 g/mol. The lowest BCUT2D eigenvalue weighted by Gasteiger charge is -2.17. The fourth-order valence-electron chi connectivity index (χ4n) is 1.72. The van der Waals surface area contributed by atoms with Gasteiger partial charge in [-0.05, 0) is 24.6 Å². The number of H-pyrrole nitrogens is 1. The molecule has 0 amide bonds. The summed E-state index contributed by atoms with van der Waals surface area (Å²) in [6.07, 6.45) is 0. The Morgan fingerprint density at radius 2 is 2.19 bits per heavy atom. The number of rotatable bonds is 3. The summed E-state index contributed by atoms with van der Waals surface area (Å²) in [5.41, 5.74) is 14.4. The van der Waals surface area contributed by atoms with Crippen LogP contribution in [0, 0.1) is 6.92 Å². The van der Waals surface area contributed by atoms with E-state index in [0.29, 0.717) is 0 Å². The first-order valence-electron chi connectivity index (χ1n) is 5.20. The molecule has 2 aromatic rings. The third-order valence-corrected chi connectivity index (χ3v) is 2.68. The molecule has 2 rings (SSSR count). The molecule has 0 saturated carbocycles. The van der Waals surface area contributed by atoms with Crippen molar-refractivity contribution in [1.82, 2.24) is 9.97 Å². The van der Waals surface area contributed by atoms with Gasteiger partial charge in [0.2, 0.25) is 0 Å². The SMILES string of the molecule is Cc1nc2ccc(C(N)C(N)CO)cc2[nH]1. The smallest absolute Gasteiger partial charge is 0.104 e. The first kappa shape index (κ1) is 11.1. The second-order valence-corrected chi connectivity index (χ2v) is 3.97. The van der Waals surface area contributed by atoms with Crippen molar-refractivity contribution >= 4 is 11.0 Å². The standard InChI is InChI=1S/C11H16N4O/c1-6-14-9-3-2-7(4-10(9)15-6)11(13)8(12)5-16/h2-4,8,11,16H,5,12-13H2,1H3,(H,14,15). The molecule has 5 heteroatoms.